The zero-order chi connectivity index (χ0) is 14.4. The quantitative estimate of drug-likeness (QED) is 0.595. The maximum absolute atomic E-state index is 4.58. The summed E-state index contributed by atoms with van der Waals surface area (Å²) in [5, 5.41) is 3.39. The molecule has 2 aliphatic rings. The van der Waals surface area contributed by atoms with Crippen LogP contribution in [-0.2, 0) is 0 Å². The molecule has 20 heavy (non-hydrogen) atoms. The number of aliphatic imine (C=N–C) groups is 1. The fraction of sp³-hybridized carbons (Fsp3) is 0.706. The lowest BCUT2D eigenvalue weighted by Crippen LogP contribution is -2.42. The van der Waals surface area contributed by atoms with Gasteiger partial charge in [0.2, 0.25) is 0 Å². The van der Waals surface area contributed by atoms with Crippen LogP contribution < -0.4 is 5.32 Å². The Labute approximate surface area is 123 Å². The molecule has 1 unspecified atom stereocenters. The molecule has 2 rings (SSSR count). The molecule has 1 heterocycles. The maximum Gasteiger partial charge on any atom is 0.128 e. The zero-order valence-corrected chi connectivity index (χ0v) is 13.1. The molecule has 0 radical (unpaired) electrons. The fourth-order valence-corrected chi connectivity index (χ4v) is 3.25. The van der Waals surface area contributed by atoms with Crippen LogP contribution in [0.3, 0.4) is 0 Å². The van der Waals surface area contributed by atoms with E-state index in [-0.39, 0.29) is 0 Å². The van der Waals surface area contributed by atoms with Crippen LogP contribution in [0.2, 0.25) is 0 Å². The topological polar surface area (TPSA) is 27.6 Å². The molecule has 0 bridgehead atoms. The molecule has 1 aliphatic heterocycles. The first-order valence-corrected chi connectivity index (χ1v) is 8.11. The van der Waals surface area contributed by atoms with Crippen LogP contribution in [0.1, 0.15) is 39.5 Å². The molecule has 1 saturated heterocycles. The number of hydrogen-bond donors (Lipinski definition) is 1. The lowest BCUT2D eigenvalue weighted by Gasteiger charge is -2.35. The summed E-state index contributed by atoms with van der Waals surface area (Å²) in [4.78, 5) is 6.95. The molecule has 0 spiro atoms. The van der Waals surface area contributed by atoms with Crippen LogP contribution in [0, 0.1) is 11.8 Å². The van der Waals surface area contributed by atoms with Crippen LogP contribution in [0.25, 0.3) is 0 Å². The molecule has 112 valence electrons. The van der Waals surface area contributed by atoms with Crippen LogP contribution in [0.5, 0.6) is 0 Å². The Morgan fingerprint density at radius 2 is 2.10 bits per heavy atom. The summed E-state index contributed by atoms with van der Waals surface area (Å²) in [6.07, 6.45) is 9.49. The maximum atomic E-state index is 4.58. The lowest BCUT2D eigenvalue weighted by atomic mass is 9.72. The molecule has 0 aromatic carbocycles. The summed E-state index contributed by atoms with van der Waals surface area (Å²) in [5.74, 6) is 2.60. The van der Waals surface area contributed by atoms with Crippen molar-refractivity contribution in [3.05, 3.63) is 24.0 Å². The molecule has 0 aromatic rings. The van der Waals surface area contributed by atoms with E-state index in [0.29, 0.717) is 5.92 Å². The predicted molar refractivity (Wildman–Crippen MR) is 87.0 cm³/mol. The van der Waals surface area contributed by atoms with E-state index in [0.717, 1.165) is 37.9 Å². The highest BCUT2D eigenvalue weighted by Gasteiger charge is 2.27. The van der Waals surface area contributed by atoms with Crippen LogP contribution in [-0.4, -0.2) is 37.3 Å². The van der Waals surface area contributed by atoms with Crippen LogP contribution >= 0.6 is 0 Å². The highest BCUT2D eigenvalue weighted by Crippen LogP contribution is 2.39. The Balaban J connectivity index is 2.07. The third kappa shape index (κ3) is 3.72. The van der Waals surface area contributed by atoms with Gasteiger partial charge in [-0.3, -0.25) is 0 Å². The zero-order valence-electron chi connectivity index (χ0n) is 13.1. The number of allylic oxidation sites excluding steroid dienone is 2. The van der Waals surface area contributed by atoms with Gasteiger partial charge >= 0.3 is 0 Å². The second-order valence-corrected chi connectivity index (χ2v) is 5.91. The van der Waals surface area contributed by atoms with Crippen LogP contribution in [0.15, 0.2) is 29.0 Å². The number of rotatable bonds is 6. The first kappa shape index (κ1) is 15.3. The van der Waals surface area contributed by atoms with Crippen LogP contribution in [0.4, 0.5) is 0 Å². The van der Waals surface area contributed by atoms with Crippen molar-refractivity contribution < 1.29 is 0 Å². The average Bonchev–Trinajstić information content (AvgIpc) is 2.43. The van der Waals surface area contributed by atoms with Gasteiger partial charge in [0.15, 0.2) is 0 Å². The SMILES string of the molecule is C=C(/C=C(\N=C/C)N1CCNCC1)C(CC)C1CCC1. The number of hydrogen-bond acceptors (Lipinski definition) is 3. The van der Waals surface area contributed by atoms with Gasteiger partial charge in [-0.1, -0.05) is 19.9 Å². The van der Waals surface area contributed by atoms with Gasteiger partial charge in [-0.25, -0.2) is 4.99 Å². The summed E-state index contributed by atoms with van der Waals surface area (Å²) >= 11 is 0. The van der Waals surface area contributed by atoms with Crippen molar-refractivity contribution in [2.45, 2.75) is 39.5 Å². The molecule has 1 N–H and O–H groups in total. The predicted octanol–water partition coefficient (Wildman–Crippen LogP) is 3.21. The van der Waals surface area contributed by atoms with Gasteiger partial charge < -0.3 is 10.2 Å². The second-order valence-electron chi connectivity index (χ2n) is 5.91. The Bertz CT molecular complexity index is 374. The number of piperazine rings is 1. The van der Waals surface area contributed by atoms with E-state index in [1.807, 2.05) is 13.1 Å². The largest absolute Gasteiger partial charge is 0.354 e. The Morgan fingerprint density at radius 3 is 2.60 bits per heavy atom. The van der Waals surface area contributed by atoms with Gasteiger partial charge in [0.1, 0.15) is 5.82 Å². The summed E-state index contributed by atoms with van der Waals surface area (Å²) in [6.45, 7) is 12.8. The van der Waals surface area contributed by atoms with Crippen molar-refractivity contribution in [3.63, 3.8) is 0 Å². The minimum absolute atomic E-state index is 0.647. The smallest absolute Gasteiger partial charge is 0.128 e. The van der Waals surface area contributed by atoms with Gasteiger partial charge in [-0.15, -0.1) is 0 Å². The normalized spacial score (nSPS) is 22.9. The molecular weight excluding hydrogens is 246 g/mol. The van der Waals surface area contributed by atoms with Gasteiger partial charge in [0.25, 0.3) is 0 Å². The minimum atomic E-state index is 0.647. The third-order valence-corrected chi connectivity index (χ3v) is 4.65. The van der Waals surface area contributed by atoms with E-state index < -0.39 is 0 Å². The molecule has 0 amide bonds. The average molecular weight is 275 g/mol. The van der Waals surface area contributed by atoms with E-state index >= 15 is 0 Å². The number of nitrogens with zero attached hydrogens (tertiary/aromatic N) is 2. The summed E-state index contributed by atoms with van der Waals surface area (Å²) < 4.78 is 0. The van der Waals surface area contributed by atoms with E-state index in [4.69, 9.17) is 0 Å². The summed E-state index contributed by atoms with van der Waals surface area (Å²) in [6, 6.07) is 0. The molecule has 3 heteroatoms. The van der Waals surface area contributed by atoms with Crippen molar-refractivity contribution >= 4 is 6.21 Å². The van der Waals surface area contributed by atoms with Crippen molar-refractivity contribution in [3.8, 4) is 0 Å². The van der Waals surface area contributed by atoms with Gasteiger partial charge in [0.05, 0.1) is 0 Å². The Hall–Kier alpha value is -1.09. The monoisotopic (exact) mass is 275 g/mol. The van der Waals surface area contributed by atoms with E-state index in [9.17, 15) is 0 Å². The molecule has 1 atom stereocenters. The van der Waals surface area contributed by atoms with Gasteiger partial charge in [0, 0.05) is 32.4 Å². The van der Waals surface area contributed by atoms with Gasteiger partial charge in [-0.2, -0.15) is 0 Å². The highest BCUT2D eigenvalue weighted by molar-refractivity contribution is 5.55. The van der Waals surface area contributed by atoms with Crippen molar-refractivity contribution in [2.75, 3.05) is 26.2 Å². The standard InChI is InChI=1S/C17H29N3/c1-4-16(15-7-6-8-15)14(3)13-17(19-5-2)20-11-9-18-10-12-20/h5,13,15-16,18H,3-4,6-12H2,1-2H3/b17-13+,19-5-. The van der Waals surface area contributed by atoms with Crippen molar-refractivity contribution in [1.82, 2.24) is 10.2 Å². The second kappa shape index (κ2) is 7.63. The van der Waals surface area contributed by atoms with E-state index in [2.05, 4.69) is 34.8 Å². The molecule has 0 aromatic heterocycles. The van der Waals surface area contributed by atoms with Gasteiger partial charge in [-0.05, 0) is 49.7 Å². The highest BCUT2D eigenvalue weighted by atomic mass is 15.2. The molecular formula is C17H29N3. The fourth-order valence-electron chi connectivity index (χ4n) is 3.25. The Kier molecular flexibility index (Phi) is 5.84. The first-order valence-electron chi connectivity index (χ1n) is 8.11. The minimum Gasteiger partial charge on any atom is -0.354 e. The van der Waals surface area contributed by atoms with Crippen molar-refractivity contribution in [1.29, 1.82) is 0 Å². The Morgan fingerprint density at radius 1 is 1.40 bits per heavy atom. The molecule has 3 nitrogen and oxygen atoms in total. The number of nitrogens with one attached hydrogen (secondary N) is 1. The first-order chi connectivity index (χ1) is 9.76. The van der Waals surface area contributed by atoms with Crippen molar-refractivity contribution in [2.24, 2.45) is 16.8 Å². The summed E-state index contributed by atoms with van der Waals surface area (Å²) in [5.41, 5.74) is 1.27. The molecule has 2 fully saturated rings. The summed E-state index contributed by atoms with van der Waals surface area (Å²) in [7, 11) is 0. The molecule has 1 aliphatic carbocycles. The third-order valence-electron chi connectivity index (χ3n) is 4.65. The van der Waals surface area contributed by atoms with E-state index in [1.165, 1.54) is 31.3 Å². The lowest BCUT2D eigenvalue weighted by molar-refractivity contribution is 0.230. The molecule has 1 saturated carbocycles. The van der Waals surface area contributed by atoms with E-state index in [1.54, 1.807) is 0 Å².